The highest BCUT2D eigenvalue weighted by Gasteiger charge is 2.35. The van der Waals surface area contributed by atoms with Crippen LogP contribution in [0.2, 0.25) is 0 Å². The van der Waals surface area contributed by atoms with Crippen molar-refractivity contribution in [3.63, 3.8) is 0 Å². The van der Waals surface area contributed by atoms with Crippen molar-refractivity contribution in [1.29, 1.82) is 0 Å². The second-order valence-corrected chi connectivity index (χ2v) is 6.69. The molecule has 2 N–H and O–H groups in total. The van der Waals surface area contributed by atoms with E-state index >= 15 is 0 Å². The zero-order chi connectivity index (χ0) is 15.0. The summed E-state index contributed by atoms with van der Waals surface area (Å²) >= 11 is 0. The van der Waals surface area contributed by atoms with Gasteiger partial charge in [-0.2, -0.15) is 13.2 Å². The van der Waals surface area contributed by atoms with Crippen LogP contribution in [0, 0.1) is 0 Å². The van der Waals surface area contributed by atoms with Gasteiger partial charge in [-0.05, 0) is 43.5 Å². The molecule has 1 fully saturated rings. The van der Waals surface area contributed by atoms with Gasteiger partial charge in [0, 0.05) is 6.54 Å². The minimum absolute atomic E-state index is 0.129. The predicted molar refractivity (Wildman–Crippen MR) is 65.4 cm³/mol. The number of halogens is 3. The zero-order valence-corrected chi connectivity index (χ0v) is 11.3. The molecule has 0 heterocycles. The van der Waals surface area contributed by atoms with E-state index in [9.17, 15) is 26.7 Å². The first-order valence-electron chi connectivity index (χ1n) is 6.02. The molecule has 1 aromatic rings. The fourth-order valence-corrected chi connectivity index (χ4v) is 3.02. The van der Waals surface area contributed by atoms with Crippen LogP contribution in [0.25, 0.3) is 0 Å². The van der Waals surface area contributed by atoms with Crippen LogP contribution in [-0.2, 0) is 16.2 Å². The largest absolute Gasteiger partial charge is 0.416 e. The number of hydrogen-bond acceptors (Lipinski definition) is 3. The maximum absolute atomic E-state index is 12.4. The van der Waals surface area contributed by atoms with Crippen LogP contribution in [-0.4, -0.2) is 25.7 Å². The predicted octanol–water partition coefficient (Wildman–Crippen LogP) is 1.90. The summed E-state index contributed by atoms with van der Waals surface area (Å²) < 4.78 is 63.1. The van der Waals surface area contributed by atoms with Gasteiger partial charge in [0.15, 0.2) is 0 Å². The van der Waals surface area contributed by atoms with E-state index in [1.165, 1.54) is 0 Å². The van der Waals surface area contributed by atoms with E-state index in [1.807, 2.05) is 0 Å². The average Bonchev–Trinajstić information content (AvgIpc) is 2.33. The fraction of sp³-hybridized carbons (Fsp3) is 0.500. The van der Waals surface area contributed by atoms with Gasteiger partial charge < -0.3 is 5.11 Å². The number of hydrogen-bond donors (Lipinski definition) is 2. The maximum Gasteiger partial charge on any atom is 0.416 e. The minimum Gasteiger partial charge on any atom is -0.389 e. The van der Waals surface area contributed by atoms with Gasteiger partial charge in [-0.15, -0.1) is 0 Å². The normalized spacial score (nSPS) is 18.6. The molecule has 1 aromatic carbocycles. The van der Waals surface area contributed by atoms with E-state index < -0.39 is 27.4 Å². The molecule has 0 aliphatic heterocycles. The van der Waals surface area contributed by atoms with Crippen molar-refractivity contribution in [1.82, 2.24) is 4.72 Å². The topological polar surface area (TPSA) is 66.4 Å². The molecular weight excluding hydrogens is 295 g/mol. The highest BCUT2D eigenvalue weighted by Crippen LogP contribution is 2.32. The molecule has 0 radical (unpaired) electrons. The number of aliphatic hydroxyl groups is 1. The molecule has 0 spiro atoms. The molecule has 0 saturated heterocycles. The summed E-state index contributed by atoms with van der Waals surface area (Å²) in [4.78, 5) is -0.256. The van der Waals surface area contributed by atoms with Crippen LogP contribution in [0.4, 0.5) is 13.2 Å². The average molecular weight is 309 g/mol. The number of sulfonamides is 1. The second kappa shape index (κ2) is 5.01. The molecule has 1 aliphatic carbocycles. The minimum atomic E-state index is -4.50. The summed E-state index contributed by atoms with van der Waals surface area (Å²) in [6.07, 6.45) is -2.64. The molecule has 1 saturated carbocycles. The van der Waals surface area contributed by atoms with Gasteiger partial charge in [0.2, 0.25) is 10.0 Å². The van der Waals surface area contributed by atoms with E-state index in [4.69, 9.17) is 0 Å². The molecule has 0 aromatic heterocycles. The monoisotopic (exact) mass is 309 g/mol. The summed E-state index contributed by atoms with van der Waals surface area (Å²) in [5.74, 6) is 0. The number of alkyl halides is 3. The first-order valence-corrected chi connectivity index (χ1v) is 7.50. The molecule has 0 amide bonds. The van der Waals surface area contributed by atoms with Crippen molar-refractivity contribution in [2.24, 2.45) is 0 Å². The van der Waals surface area contributed by atoms with Gasteiger partial charge in [-0.1, -0.05) is 0 Å². The summed E-state index contributed by atoms with van der Waals surface area (Å²) in [6, 6.07) is 3.23. The van der Waals surface area contributed by atoms with Crippen molar-refractivity contribution < 1.29 is 26.7 Å². The molecule has 112 valence electrons. The Bertz CT molecular complexity index is 577. The lowest BCUT2D eigenvalue weighted by Crippen LogP contribution is -2.47. The van der Waals surface area contributed by atoms with Crippen molar-refractivity contribution in [3.8, 4) is 0 Å². The molecular formula is C12H14F3NO3S. The van der Waals surface area contributed by atoms with E-state index in [2.05, 4.69) is 4.72 Å². The Morgan fingerprint density at radius 3 is 2.15 bits per heavy atom. The molecule has 0 unspecified atom stereocenters. The van der Waals surface area contributed by atoms with Crippen molar-refractivity contribution in [3.05, 3.63) is 29.8 Å². The summed E-state index contributed by atoms with van der Waals surface area (Å²) in [7, 11) is -3.91. The van der Waals surface area contributed by atoms with Gasteiger partial charge in [-0.3, -0.25) is 0 Å². The number of benzene rings is 1. The molecule has 2 rings (SSSR count). The third-order valence-corrected chi connectivity index (χ3v) is 4.78. The summed E-state index contributed by atoms with van der Waals surface area (Å²) in [5, 5.41) is 9.80. The van der Waals surface area contributed by atoms with Crippen LogP contribution in [0.1, 0.15) is 24.8 Å². The Morgan fingerprint density at radius 1 is 1.20 bits per heavy atom. The maximum atomic E-state index is 12.4. The highest BCUT2D eigenvalue weighted by molar-refractivity contribution is 7.89. The van der Waals surface area contributed by atoms with Crippen molar-refractivity contribution in [2.75, 3.05) is 6.54 Å². The van der Waals surface area contributed by atoms with Crippen LogP contribution < -0.4 is 4.72 Å². The Hall–Kier alpha value is -1.12. The molecule has 0 bridgehead atoms. The van der Waals surface area contributed by atoms with Crippen molar-refractivity contribution in [2.45, 2.75) is 35.9 Å². The van der Waals surface area contributed by atoms with Crippen LogP contribution in [0.15, 0.2) is 29.2 Å². The van der Waals surface area contributed by atoms with Crippen molar-refractivity contribution >= 4 is 10.0 Å². The lowest BCUT2D eigenvalue weighted by molar-refractivity contribution is -0.137. The molecule has 1 aliphatic rings. The zero-order valence-electron chi connectivity index (χ0n) is 10.4. The Kier molecular flexibility index (Phi) is 3.83. The van der Waals surface area contributed by atoms with E-state index in [-0.39, 0.29) is 11.4 Å². The SMILES string of the molecule is O=S(=O)(NCC1(O)CCC1)c1ccc(C(F)(F)F)cc1. The summed E-state index contributed by atoms with van der Waals surface area (Å²) in [6.45, 7) is -0.129. The Balaban J connectivity index is 2.09. The second-order valence-electron chi connectivity index (χ2n) is 4.92. The number of nitrogens with one attached hydrogen (secondary N) is 1. The first-order chi connectivity index (χ1) is 9.12. The van der Waals surface area contributed by atoms with E-state index in [1.54, 1.807) is 0 Å². The van der Waals surface area contributed by atoms with E-state index in [0.29, 0.717) is 25.0 Å². The standard InChI is InChI=1S/C12H14F3NO3S/c13-12(14,15)9-2-4-10(5-3-9)20(18,19)16-8-11(17)6-1-7-11/h2-5,16-17H,1,6-8H2. The molecule has 20 heavy (non-hydrogen) atoms. The van der Waals surface area contributed by atoms with Gasteiger partial charge in [0.05, 0.1) is 16.1 Å². The summed E-state index contributed by atoms with van der Waals surface area (Å²) in [5.41, 5.74) is -1.94. The Labute approximate surface area is 114 Å². The van der Waals surface area contributed by atoms with Gasteiger partial charge in [0.1, 0.15) is 0 Å². The van der Waals surface area contributed by atoms with Crippen LogP contribution in [0.5, 0.6) is 0 Å². The lowest BCUT2D eigenvalue weighted by atomic mass is 9.81. The molecule has 0 atom stereocenters. The van der Waals surface area contributed by atoms with E-state index in [0.717, 1.165) is 18.6 Å². The molecule has 4 nitrogen and oxygen atoms in total. The lowest BCUT2D eigenvalue weighted by Gasteiger charge is -2.36. The van der Waals surface area contributed by atoms with Crippen LogP contribution in [0.3, 0.4) is 0 Å². The first kappa shape index (κ1) is 15.3. The smallest absolute Gasteiger partial charge is 0.389 e. The van der Waals surface area contributed by atoms with Gasteiger partial charge in [0.25, 0.3) is 0 Å². The van der Waals surface area contributed by atoms with Crippen LogP contribution >= 0.6 is 0 Å². The highest BCUT2D eigenvalue weighted by atomic mass is 32.2. The molecule has 8 heteroatoms. The third kappa shape index (κ3) is 3.31. The number of rotatable bonds is 4. The fourth-order valence-electron chi connectivity index (χ4n) is 1.90. The Morgan fingerprint density at radius 2 is 1.75 bits per heavy atom. The van der Waals surface area contributed by atoms with Gasteiger partial charge in [-0.25, -0.2) is 13.1 Å². The quantitative estimate of drug-likeness (QED) is 0.893. The third-order valence-electron chi connectivity index (χ3n) is 3.37. The van der Waals surface area contributed by atoms with Gasteiger partial charge >= 0.3 is 6.18 Å².